The lowest BCUT2D eigenvalue weighted by molar-refractivity contribution is -0.140. The van der Waals surface area contributed by atoms with Crippen LogP contribution in [0.15, 0.2) is 36.9 Å². The predicted molar refractivity (Wildman–Crippen MR) is 78.8 cm³/mol. The number of esters is 1. The van der Waals surface area contributed by atoms with E-state index in [0.717, 1.165) is 6.42 Å². The van der Waals surface area contributed by atoms with Gasteiger partial charge in [0.25, 0.3) is 0 Å². The summed E-state index contributed by atoms with van der Waals surface area (Å²) in [5, 5.41) is 2.99. The Labute approximate surface area is 119 Å². The van der Waals surface area contributed by atoms with Crippen molar-refractivity contribution < 1.29 is 14.3 Å². The molecule has 0 amide bonds. The molecule has 1 aromatic rings. The molecule has 1 rings (SSSR count). The van der Waals surface area contributed by atoms with Gasteiger partial charge in [-0.05, 0) is 12.0 Å². The van der Waals surface area contributed by atoms with Gasteiger partial charge in [-0.15, -0.1) is 6.58 Å². The minimum Gasteiger partial charge on any atom is -0.469 e. The Hall–Kier alpha value is -1.94. The van der Waals surface area contributed by atoms with Gasteiger partial charge in [-0.1, -0.05) is 37.3 Å². The van der Waals surface area contributed by atoms with Crippen molar-refractivity contribution in [3.63, 3.8) is 0 Å². The molecule has 0 aliphatic rings. The molecule has 0 aliphatic carbocycles. The molecule has 0 bridgehead atoms. The molecular weight excluding hydrogens is 254 g/mol. The highest BCUT2D eigenvalue weighted by atomic mass is 16.5. The fourth-order valence-corrected chi connectivity index (χ4v) is 1.84. The van der Waals surface area contributed by atoms with E-state index in [9.17, 15) is 9.59 Å². The monoisotopic (exact) mass is 275 g/mol. The summed E-state index contributed by atoms with van der Waals surface area (Å²) in [5.41, 5.74) is 1.76. The smallest absolute Gasteiger partial charge is 0.307 e. The first-order chi connectivity index (χ1) is 9.62. The number of nitrogens with one attached hydrogen (secondary N) is 1. The predicted octanol–water partition coefficient (Wildman–Crippen LogP) is 2.14. The van der Waals surface area contributed by atoms with Gasteiger partial charge in [0.15, 0.2) is 5.78 Å². The molecule has 1 atom stereocenters. The number of carbonyl (C=O) groups is 2. The third kappa shape index (κ3) is 4.63. The molecule has 0 fully saturated rings. The molecule has 1 N–H and O–H groups in total. The summed E-state index contributed by atoms with van der Waals surface area (Å²) < 4.78 is 4.63. The van der Waals surface area contributed by atoms with Crippen LogP contribution in [0.3, 0.4) is 0 Å². The first-order valence-corrected chi connectivity index (χ1v) is 6.66. The number of Topliss-reactive ketones (excluding diaryl/α,β-unsaturated/α-hetero) is 1. The van der Waals surface area contributed by atoms with Crippen molar-refractivity contribution in [2.45, 2.75) is 25.8 Å². The fraction of sp³-hybridized carbons (Fsp3) is 0.375. The second kappa shape index (κ2) is 8.27. The van der Waals surface area contributed by atoms with E-state index in [1.54, 1.807) is 18.2 Å². The van der Waals surface area contributed by atoms with Crippen LogP contribution < -0.4 is 5.32 Å². The highest BCUT2D eigenvalue weighted by Gasteiger charge is 2.22. The van der Waals surface area contributed by atoms with Crippen LogP contribution in [-0.2, 0) is 16.0 Å². The molecule has 0 heterocycles. The van der Waals surface area contributed by atoms with Gasteiger partial charge in [-0.3, -0.25) is 9.59 Å². The molecule has 0 spiro atoms. The van der Waals surface area contributed by atoms with Gasteiger partial charge in [0.05, 0.1) is 19.6 Å². The first kappa shape index (κ1) is 16.1. The van der Waals surface area contributed by atoms with E-state index in [1.165, 1.54) is 12.7 Å². The number of hydrogen-bond acceptors (Lipinski definition) is 4. The summed E-state index contributed by atoms with van der Waals surface area (Å²) in [6, 6.07) is 6.85. The van der Waals surface area contributed by atoms with E-state index < -0.39 is 12.0 Å². The van der Waals surface area contributed by atoms with Crippen molar-refractivity contribution in [1.29, 1.82) is 0 Å². The number of hydrogen-bond donors (Lipinski definition) is 1. The molecule has 4 nitrogen and oxygen atoms in total. The quantitative estimate of drug-likeness (QED) is 0.448. The number of ketones is 1. The third-order valence-electron chi connectivity index (χ3n) is 3.07. The lowest BCUT2D eigenvalue weighted by Gasteiger charge is -2.15. The maximum Gasteiger partial charge on any atom is 0.307 e. The number of carbonyl (C=O) groups excluding carboxylic acids is 2. The lowest BCUT2D eigenvalue weighted by Crippen LogP contribution is -2.39. The zero-order chi connectivity index (χ0) is 15.0. The van der Waals surface area contributed by atoms with Crippen LogP contribution >= 0.6 is 0 Å². The Morgan fingerprint density at radius 3 is 2.50 bits per heavy atom. The molecule has 4 heteroatoms. The average molecular weight is 275 g/mol. The first-order valence-electron chi connectivity index (χ1n) is 6.66. The van der Waals surface area contributed by atoms with Gasteiger partial charge in [0.2, 0.25) is 0 Å². The topological polar surface area (TPSA) is 55.4 Å². The van der Waals surface area contributed by atoms with Crippen LogP contribution in [0.5, 0.6) is 0 Å². The molecular formula is C16H21NO3. The maximum atomic E-state index is 12.4. The van der Waals surface area contributed by atoms with Gasteiger partial charge >= 0.3 is 5.97 Å². The Morgan fingerprint density at radius 1 is 1.35 bits per heavy atom. The summed E-state index contributed by atoms with van der Waals surface area (Å²) in [6.07, 6.45) is 2.59. The molecule has 0 saturated heterocycles. The molecule has 0 radical (unpaired) electrons. The zero-order valence-electron chi connectivity index (χ0n) is 12.0. The van der Waals surface area contributed by atoms with E-state index >= 15 is 0 Å². The summed E-state index contributed by atoms with van der Waals surface area (Å²) in [5.74, 6) is -0.523. The third-order valence-corrected chi connectivity index (χ3v) is 3.07. The van der Waals surface area contributed by atoms with E-state index in [4.69, 9.17) is 0 Å². The van der Waals surface area contributed by atoms with Crippen LogP contribution in [0.1, 0.15) is 29.3 Å². The van der Waals surface area contributed by atoms with Crippen LogP contribution in [0.25, 0.3) is 0 Å². The highest BCUT2D eigenvalue weighted by molar-refractivity contribution is 6.01. The number of methoxy groups -OCH3 is 1. The summed E-state index contributed by atoms with van der Waals surface area (Å²) >= 11 is 0. The molecule has 0 aliphatic heterocycles. The van der Waals surface area contributed by atoms with Crippen molar-refractivity contribution >= 4 is 11.8 Å². The number of ether oxygens (including phenoxy) is 1. The molecule has 1 unspecified atom stereocenters. The van der Waals surface area contributed by atoms with Crippen LogP contribution in [0.2, 0.25) is 0 Å². The SMILES string of the molecule is C=CCNC(CC(=O)OC)C(=O)c1ccc(CC)cc1. The highest BCUT2D eigenvalue weighted by Crippen LogP contribution is 2.10. The second-order valence-corrected chi connectivity index (χ2v) is 4.44. The Kier molecular flexibility index (Phi) is 6.67. The molecule has 1 aromatic carbocycles. The lowest BCUT2D eigenvalue weighted by atomic mass is 10.00. The van der Waals surface area contributed by atoms with Crippen molar-refractivity contribution in [2.24, 2.45) is 0 Å². The Morgan fingerprint density at radius 2 is 2.00 bits per heavy atom. The molecule has 0 aromatic heterocycles. The normalized spacial score (nSPS) is 11.7. The minimum absolute atomic E-state index is 0.0126. The van der Waals surface area contributed by atoms with Crippen molar-refractivity contribution in [3.05, 3.63) is 48.0 Å². The summed E-state index contributed by atoms with van der Waals surface area (Å²) in [6.45, 7) is 6.11. The molecule has 0 saturated carbocycles. The zero-order valence-corrected chi connectivity index (χ0v) is 12.0. The van der Waals surface area contributed by atoms with Gasteiger partial charge < -0.3 is 10.1 Å². The van der Waals surface area contributed by atoms with Crippen LogP contribution in [0, 0.1) is 0 Å². The standard InChI is InChI=1S/C16H21NO3/c1-4-10-17-14(11-15(18)20-3)16(19)13-8-6-12(5-2)7-9-13/h4,6-9,14,17H,1,5,10-11H2,2-3H3. The van der Waals surface area contributed by atoms with Gasteiger partial charge in [0, 0.05) is 12.1 Å². The van der Waals surface area contributed by atoms with E-state index in [-0.39, 0.29) is 12.2 Å². The average Bonchev–Trinajstić information content (AvgIpc) is 2.50. The van der Waals surface area contributed by atoms with Crippen LogP contribution in [-0.4, -0.2) is 31.4 Å². The van der Waals surface area contributed by atoms with Crippen molar-refractivity contribution in [1.82, 2.24) is 5.32 Å². The van der Waals surface area contributed by atoms with E-state index in [0.29, 0.717) is 12.1 Å². The largest absolute Gasteiger partial charge is 0.469 e. The van der Waals surface area contributed by atoms with Gasteiger partial charge in [0.1, 0.15) is 0 Å². The second-order valence-electron chi connectivity index (χ2n) is 4.44. The van der Waals surface area contributed by atoms with Crippen molar-refractivity contribution in [2.75, 3.05) is 13.7 Å². The maximum absolute atomic E-state index is 12.4. The number of benzene rings is 1. The Balaban J connectivity index is 2.84. The van der Waals surface area contributed by atoms with Gasteiger partial charge in [-0.2, -0.15) is 0 Å². The fourth-order valence-electron chi connectivity index (χ4n) is 1.84. The number of aryl methyl sites for hydroxylation is 1. The van der Waals surface area contributed by atoms with E-state index in [1.807, 2.05) is 12.1 Å². The number of rotatable bonds is 8. The molecule has 20 heavy (non-hydrogen) atoms. The van der Waals surface area contributed by atoms with Crippen molar-refractivity contribution in [3.8, 4) is 0 Å². The minimum atomic E-state index is -0.590. The molecule has 108 valence electrons. The van der Waals surface area contributed by atoms with Crippen LogP contribution in [0.4, 0.5) is 0 Å². The summed E-state index contributed by atoms with van der Waals surface area (Å²) in [4.78, 5) is 23.8. The Bertz CT molecular complexity index is 465. The summed E-state index contributed by atoms with van der Waals surface area (Å²) in [7, 11) is 1.31. The van der Waals surface area contributed by atoms with Gasteiger partial charge in [-0.25, -0.2) is 0 Å². The van der Waals surface area contributed by atoms with E-state index in [2.05, 4.69) is 23.6 Å².